The van der Waals surface area contributed by atoms with Crippen LogP contribution in [0.4, 0.5) is 0 Å². The minimum absolute atomic E-state index is 0.121. The second-order valence-electron chi connectivity index (χ2n) is 4.51. The number of amides is 1. The third kappa shape index (κ3) is 3.26. The summed E-state index contributed by atoms with van der Waals surface area (Å²) in [6, 6.07) is 11.5. The van der Waals surface area contributed by atoms with Gasteiger partial charge in [-0.05, 0) is 23.9 Å². The summed E-state index contributed by atoms with van der Waals surface area (Å²) < 4.78 is 4.93. The van der Waals surface area contributed by atoms with Crippen LogP contribution in [0.3, 0.4) is 0 Å². The molecule has 3 rings (SSSR count). The number of rotatable bonds is 4. The first-order valence-electron chi connectivity index (χ1n) is 6.50. The van der Waals surface area contributed by atoms with Crippen molar-refractivity contribution in [3.05, 3.63) is 58.8 Å². The van der Waals surface area contributed by atoms with E-state index in [1.807, 2.05) is 48.7 Å². The first-order chi connectivity index (χ1) is 10.7. The number of nitrogens with one attached hydrogen (secondary N) is 1. The molecular weight excluding hydrogens is 300 g/mol. The summed E-state index contributed by atoms with van der Waals surface area (Å²) >= 11 is 1.47. The molecule has 0 radical (unpaired) electrons. The van der Waals surface area contributed by atoms with Gasteiger partial charge in [-0.15, -0.1) is 11.3 Å². The Morgan fingerprint density at radius 1 is 1.32 bits per heavy atom. The van der Waals surface area contributed by atoms with Crippen molar-refractivity contribution < 1.29 is 9.32 Å². The molecule has 22 heavy (non-hydrogen) atoms. The summed E-state index contributed by atoms with van der Waals surface area (Å²) in [6.07, 6.45) is 1.55. The molecule has 0 aliphatic heterocycles. The normalized spacial score (nSPS) is 11.0. The molecule has 0 spiro atoms. The van der Waals surface area contributed by atoms with Gasteiger partial charge in [-0.2, -0.15) is 10.1 Å². The Hall–Kier alpha value is -2.80. The van der Waals surface area contributed by atoms with E-state index >= 15 is 0 Å². The van der Waals surface area contributed by atoms with E-state index < -0.39 is 5.91 Å². The first-order valence-corrected chi connectivity index (χ1v) is 7.38. The van der Waals surface area contributed by atoms with E-state index in [1.54, 1.807) is 6.21 Å². The Balaban J connectivity index is 1.63. The van der Waals surface area contributed by atoms with Gasteiger partial charge in [0.1, 0.15) is 0 Å². The Kier molecular flexibility index (Phi) is 4.06. The molecule has 6 nitrogen and oxygen atoms in total. The highest BCUT2D eigenvalue weighted by Crippen LogP contribution is 2.21. The third-order valence-corrected chi connectivity index (χ3v) is 3.68. The molecular formula is C15H12N4O2S. The molecule has 2 aromatic heterocycles. The highest BCUT2D eigenvalue weighted by molar-refractivity contribution is 7.13. The van der Waals surface area contributed by atoms with E-state index in [0.29, 0.717) is 5.82 Å². The zero-order chi connectivity index (χ0) is 15.4. The van der Waals surface area contributed by atoms with Crippen molar-refractivity contribution in [2.75, 3.05) is 0 Å². The SMILES string of the molecule is Cc1ccc(/C=N\NC(=O)c2nc(-c3cccs3)no2)cc1. The summed E-state index contributed by atoms with van der Waals surface area (Å²) in [6.45, 7) is 2.00. The second kappa shape index (κ2) is 6.31. The molecule has 7 heteroatoms. The van der Waals surface area contributed by atoms with E-state index in [4.69, 9.17) is 4.52 Å². The summed E-state index contributed by atoms with van der Waals surface area (Å²) in [7, 11) is 0. The molecule has 2 heterocycles. The van der Waals surface area contributed by atoms with Crippen molar-refractivity contribution >= 4 is 23.5 Å². The topological polar surface area (TPSA) is 80.4 Å². The van der Waals surface area contributed by atoms with E-state index in [9.17, 15) is 4.79 Å². The lowest BCUT2D eigenvalue weighted by Gasteiger charge is -1.95. The number of benzene rings is 1. The molecule has 3 aromatic rings. The van der Waals surface area contributed by atoms with Crippen molar-refractivity contribution in [3.8, 4) is 10.7 Å². The summed E-state index contributed by atoms with van der Waals surface area (Å²) in [5, 5.41) is 9.54. The predicted octanol–water partition coefficient (Wildman–Crippen LogP) is 2.87. The lowest BCUT2D eigenvalue weighted by Crippen LogP contribution is -2.17. The van der Waals surface area contributed by atoms with Crippen LogP contribution >= 0.6 is 11.3 Å². The average Bonchev–Trinajstić information content (AvgIpc) is 3.20. The fourth-order valence-electron chi connectivity index (χ4n) is 1.69. The molecule has 0 atom stereocenters. The maximum atomic E-state index is 11.9. The Labute approximate surface area is 130 Å². The molecule has 0 bridgehead atoms. The number of hydrogen-bond donors (Lipinski definition) is 1. The van der Waals surface area contributed by atoms with Crippen LogP contribution in [0.2, 0.25) is 0 Å². The number of hydrogen-bond acceptors (Lipinski definition) is 6. The van der Waals surface area contributed by atoms with Gasteiger partial charge in [0, 0.05) is 0 Å². The van der Waals surface area contributed by atoms with Crippen LogP contribution in [0.15, 0.2) is 51.4 Å². The number of carbonyl (C=O) groups excluding carboxylic acids is 1. The maximum Gasteiger partial charge on any atom is 0.329 e. The quantitative estimate of drug-likeness (QED) is 0.593. The number of carbonyl (C=O) groups is 1. The summed E-state index contributed by atoms with van der Waals surface area (Å²) in [4.78, 5) is 16.7. The van der Waals surface area contributed by atoms with Crippen molar-refractivity contribution in [1.82, 2.24) is 15.6 Å². The fraction of sp³-hybridized carbons (Fsp3) is 0.0667. The van der Waals surface area contributed by atoms with E-state index in [1.165, 1.54) is 11.3 Å². The number of hydrazone groups is 1. The number of aryl methyl sites for hydroxylation is 1. The summed E-state index contributed by atoms with van der Waals surface area (Å²) in [5.74, 6) is -0.272. The van der Waals surface area contributed by atoms with Crippen LogP contribution in [0.5, 0.6) is 0 Å². The zero-order valence-electron chi connectivity index (χ0n) is 11.7. The van der Waals surface area contributed by atoms with Gasteiger partial charge in [-0.1, -0.05) is 41.1 Å². The van der Waals surface area contributed by atoms with E-state index in [-0.39, 0.29) is 5.89 Å². The van der Waals surface area contributed by atoms with Crippen molar-refractivity contribution in [1.29, 1.82) is 0 Å². The molecule has 0 aliphatic rings. The zero-order valence-corrected chi connectivity index (χ0v) is 12.5. The van der Waals surface area contributed by atoms with E-state index in [2.05, 4.69) is 20.7 Å². The average molecular weight is 312 g/mol. The largest absolute Gasteiger partial charge is 0.329 e. The third-order valence-electron chi connectivity index (χ3n) is 2.82. The van der Waals surface area contributed by atoms with Gasteiger partial charge in [-0.3, -0.25) is 4.79 Å². The van der Waals surface area contributed by atoms with Crippen LogP contribution in [0.1, 0.15) is 21.8 Å². The molecule has 1 amide bonds. The van der Waals surface area contributed by atoms with Gasteiger partial charge in [0.25, 0.3) is 0 Å². The number of aromatic nitrogens is 2. The number of thiophene rings is 1. The van der Waals surface area contributed by atoms with Gasteiger partial charge in [0.15, 0.2) is 0 Å². The predicted molar refractivity (Wildman–Crippen MR) is 83.9 cm³/mol. The lowest BCUT2D eigenvalue weighted by molar-refractivity contribution is 0.0911. The van der Waals surface area contributed by atoms with Crippen LogP contribution in [-0.4, -0.2) is 22.3 Å². The lowest BCUT2D eigenvalue weighted by atomic mass is 10.2. The van der Waals surface area contributed by atoms with Gasteiger partial charge in [-0.25, -0.2) is 5.43 Å². The molecule has 110 valence electrons. The molecule has 0 aliphatic carbocycles. The van der Waals surface area contributed by atoms with Crippen LogP contribution < -0.4 is 5.43 Å². The fourth-order valence-corrected chi connectivity index (χ4v) is 2.34. The minimum Gasteiger partial charge on any atom is -0.328 e. The molecule has 1 N–H and O–H groups in total. The summed E-state index contributed by atoms with van der Waals surface area (Å²) in [5.41, 5.74) is 4.40. The second-order valence-corrected chi connectivity index (χ2v) is 5.46. The van der Waals surface area contributed by atoms with Crippen LogP contribution in [0.25, 0.3) is 10.7 Å². The molecule has 0 fully saturated rings. The van der Waals surface area contributed by atoms with Crippen molar-refractivity contribution in [3.63, 3.8) is 0 Å². The Morgan fingerprint density at radius 2 is 2.14 bits per heavy atom. The Morgan fingerprint density at radius 3 is 2.86 bits per heavy atom. The maximum absolute atomic E-state index is 11.9. The van der Waals surface area contributed by atoms with Gasteiger partial charge >= 0.3 is 11.8 Å². The highest BCUT2D eigenvalue weighted by Gasteiger charge is 2.15. The monoisotopic (exact) mass is 312 g/mol. The molecule has 0 unspecified atom stereocenters. The van der Waals surface area contributed by atoms with E-state index in [0.717, 1.165) is 16.0 Å². The number of nitrogens with zero attached hydrogens (tertiary/aromatic N) is 3. The smallest absolute Gasteiger partial charge is 0.328 e. The first kappa shape index (κ1) is 14.2. The molecule has 0 saturated carbocycles. The molecule has 0 saturated heterocycles. The van der Waals surface area contributed by atoms with Gasteiger partial charge in [0.2, 0.25) is 5.82 Å². The highest BCUT2D eigenvalue weighted by atomic mass is 32.1. The van der Waals surface area contributed by atoms with Crippen molar-refractivity contribution in [2.45, 2.75) is 6.92 Å². The molecule has 1 aromatic carbocycles. The minimum atomic E-state index is -0.543. The van der Waals surface area contributed by atoms with Gasteiger partial charge < -0.3 is 4.52 Å². The van der Waals surface area contributed by atoms with Crippen molar-refractivity contribution in [2.24, 2.45) is 5.10 Å². The van der Waals surface area contributed by atoms with Crippen LogP contribution in [-0.2, 0) is 0 Å². The Bertz CT molecular complexity index is 791. The van der Waals surface area contributed by atoms with Gasteiger partial charge in [0.05, 0.1) is 11.1 Å². The van der Waals surface area contributed by atoms with Crippen LogP contribution in [0, 0.1) is 6.92 Å². The standard InChI is InChI=1S/C15H12N4O2S/c1-10-4-6-11(7-5-10)9-16-18-14(20)15-17-13(19-21-15)12-3-2-8-22-12/h2-9H,1H3,(H,18,20)/b16-9-.